The molecule has 3 rings (SSSR count). The van der Waals surface area contributed by atoms with Crippen LogP contribution in [-0.2, 0) is 0 Å². The Kier molecular flexibility index (Phi) is 4.17. The zero-order valence-corrected chi connectivity index (χ0v) is 14.0. The van der Waals surface area contributed by atoms with E-state index in [4.69, 9.17) is 4.42 Å². The largest absolute Gasteiger partial charge is 0.478 e. The maximum absolute atomic E-state index is 13.1. The van der Waals surface area contributed by atoms with Gasteiger partial charge in [0.25, 0.3) is 5.91 Å². The summed E-state index contributed by atoms with van der Waals surface area (Å²) < 4.78 is 5.58. The number of aryl methyl sites for hydroxylation is 2. The van der Waals surface area contributed by atoms with Crippen LogP contribution in [0.15, 0.2) is 10.6 Å². The topological polar surface area (TPSA) is 99.4 Å². The van der Waals surface area contributed by atoms with E-state index in [1.54, 1.807) is 11.8 Å². The molecular weight excluding hydrogens is 310 g/mol. The Balaban J connectivity index is 1.99. The number of amides is 1. The second-order valence-corrected chi connectivity index (χ2v) is 6.23. The Bertz CT molecular complexity index is 790. The highest BCUT2D eigenvalue weighted by atomic mass is 16.4. The number of furan rings is 1. The van der Waals surface area contributed by atoms with Crippen LogP contribution in [0.25, 0.3) is 0 Å². The average Bonchev–Trinajstić information content (AvgIpc) is 3.12. The number of aromatic carboxylic acids is 1. The SMILES string of the molecule is Cc1oc(C)c(C(=O)N2CCCCC2c2[nH]ncc2C(=O)O)c1C. The summed E-state index contributed by atoms with van der Waals surface area (Å²) in [4.78, 5) is 26.3. The molecule has 2 aromatic heterocycles. The molecule has 2 aromatic rings. The predicted molar refractivity (Wildman–Crippen MR) is 86.1 cm³/mol. The van der Waals surface area contributed by atoms with Crippen molar-refractivity contribution in [3.63, 3.8) is 0 Å². The van der Waals surface area contributed by atoms with Gasteiger partial charge in [0.1, 0.15) is 17.1 Å². The van der Waals surface area contributed by atoms with Gasteiger partial charge in [-0.15, -0.1) is 0 Å². The van der Waals surface area contributed by atoms with E-state index in [0.29, 0.717) is 30.0 Å². The predicted octanol–water partition coefficient (Wildman–Crippen LogP) is 2.99. The molecule has 0 aromatic carbocycles. The first kappa shape index (κ1) is 16.3. The van der Waals surface area contributed by atoms with Gasteiger partial charge in [-0.3, -0.25) is 9.89 Å². The van der Waals surface area contributed by atoms with Gasteiger partial charge in [0, 0.05) is 12.1 Å². The quantitative estimate of drug-likeness (QED) is 0.900. The van der Waals surface area contributed by atoms with Crippen molar-refractivity contribution in [2.24, 2.45) is 0 Å². The number of carbonyl (C=O) groups is 2. The van der Waals surface area contributed by atoms with Crippen molar-refractivity contribution in [3.05, 3.63) is 40.1 Å². The van der Waals surface area contributed by atoms with Gasteiger partial charge in [0.15, 0.2) is 0 Å². The Morgan fingerprint density at radius 1 is 1.29 bits per heavy atom. The smallest absolute Gasteiger partial charge is 0.339 e. The normalized spacial score (nSPS) is 18.0. The minimum atomic E-state index is -1.04. The summed E-state index contributed by atoms with van der Waals surface area (Å²) in [6, 6.07) is -0.311. The molecule has 7 heteroatoms. The molecular formula is C17H21N3O4. The summed E-state index contributed by atoms with van der Waals surface area (Å²) in [6.45, 7) is 6.08. The molecule has 7 nitrogen and oxygen atoms in total. The number of carbonyl (C=O) groups excluding carboxylic acids is 1. The fourth-order valence-corrected chi connectivity index (χ4v) is 3.45. The van der Waals surface area contributed by atoms with Gasteiger partial charge in [-0.1, -0.05) is 0 Å². The molecule has 0 radical (unpaired) electrons. The summed E-state index contributed by atoms with van der Waals surface area (Å²) in [6.07, 6.45) is 3.85. The van der Waals surface area contributed by atoms with E-state index in [2.05, 4.69) is 10.2 Å². The highest BCUT2D eigenvalue weighted by molar-refractivity contribution is 5.97. The van der Waals surface area contributed by atoms with Crippen molar-refractivity contribution < 1.29 is 19.1 Å². The third-order valence-corrected chi connectivity index (χ3v) is 4.77. The van der Waals surface area contributed by atoms with Crippen LogP contribution in [0.3, 0.4) is 0 Å². The summed E-state index contributed by atoms with van der Waals surface area (Å²) in [7, 11) is 0. The average molecular weight is 331 g/mol. The lowest BCUT2D eigenvalue weighted by Crippen LogP contribution is -2.39. The van der Waals surface area contributed by atoms with E-state index >= 15 is 0 Å². The van der Waals surface area contributed by atoms with Crippen LogP contribution in [0.1, 0.15) is 68.8 Å². The van der Waals surface area contributed by atoms with Gasteiger partial charge >= 0.3 is 5.97 Å². The van der Waals surface area contributed by atoms with Crippen molar-refractivity contribution >= 4 is 11.9 Å². The van der Waals surface area contributed by atoms with Crippen LogP contribution in [-0.4, -0.2) is 38.6 Å². The number of hydrogen-bond acceptors (Lipinski definition) is 4. The Morgan fingerprint density at radius 3 is 2.67 bits per heavy atom. The number of piperidine rings is 1. The number of likely N-dealkylation sites (tertiary alicyclic amines) is 1. The molecule has 1 unspecified atom stereocenters. The van der Waals surface area contributed by atoms with Gasteiger partial charge < -0.3 is 14.4 Å². The number of carboxylic acids is 1. The van der Waals surface area contributed by atoms with Gasteiger partial charge in [0.2, 0.25) is 0 Å². The van der Waals surface area contributed by atoms with Gasteiger partial charge in [-0.25, -0.2) is 4.79 Å². The first-order valence-electron chi connectivity index (χ1n) is 8.06. The zero-order valence-electron chi connectivity index (χ0n) is 14.0. The van der Waals surface area contributed by atoms with Crippen LogP contribution >= 0.6 is 0 Å². The fourth-order valence-electron chi connectivity index (χ4n) is 3.45. The number of nitrogens with zero attached hydrogens (tertiary/aromatic N) is 2. The Morgan fingerprint density at radius 2 is 2.04 bits per heavy atom. The molecule has 2 N–H and O–H groups in total. The molecule has 3 heterocycles. The maximum atomic E-state index is 13.1. The van der Waals surface area contributed by atoms with E-state index < -0.39 is 5.97 Å². The molecule has 0 spiro atoms. The molecule has 0 aliphatic carbocycles. The van der Waals surface area contributed by atoms with Crippen LogP contribution in [0.5, 0.6) is 0 Å². The first-order valence-corrected chi connectivity index (χ1v) is 8.06. The third-order valence-electron chi connectivity index (χ3n) is 4.77. The minimum Gasteiger partial charge on any atom is -0.478 e. The van der Waals surface area contributed by atoms with Gasteiger partial charge in [0.05, 0.1) is 23.5 Å². The number of aromatic amines is 1. The van der Waals surface area contributed by atoms with E-state index in [0.717, 1.165) is 24.2 Å². The molecule has 1 aliphatic heterocycles. The number of nitrogens with one attached hydrogen (secondary N) is 1. The van der Waals surface area contributed by atoms with E-state index in [1.165, 1.54) is 6.20 Å². The highest BCUT2D eigenvalue weighted by Gasteiger charge is 2.34. The molecule has 128 valence electrons. The Hall–Kier alpha value is -2.57. The monoisotopic (exact) mass is 331 g/mol. The molecule has 0 saturated carbocycles. The summed E-state index contributed by atoms with van der Waals surface area (Å²) in [5.41, 5.74) is 2.03. The lowest BCUT2D eigenvalue weighted by Gasteiger charge is -2.35. The van der Waals surface area contributed by atoms with Crippen LogP contribution in [0, 0.1) is 20.8 Å². The van der Waals surface area contributed by atoms with E-state index in [9.17, 15) is 14.7 Å². The Labute approximate surface area is 139 Å². The first-order chi connectivity index (χ1) is 11.4. The number of hydrogen-bond donors (Lipinski definition) is 2. The number of carboxylic acid groups (broad SMARTS) is 1. The van der Waals surface area contributed by atoms with Crippen molar-refractivity contribution in [1.82, 2.24) is 15.1 Å². The molecule has 0 bridgehead atoms. The van der Waals surface area contributed by atoms with Crippen LogP contribution < -0.4 is 0 Å². The number of rotatable bonds is 3. The number of H-pyrrole nitrogens is 1. The van der Waals surface area contributed by atoms with E-state index in [1.807, 2.05) is 13.8 Å². The molecule has 1 aliphatic rings. The lowest BCUT2D eigenvalue weighted by molar-refractivity contribution is 0.0587. The minimum absolute atomic E-state index is 0.113. The molecule has 1 saturated heterocycles. The standard InChI is InChI=1S/C17H21N3O4/c1-9-10(2)24-11(3)14(9)16(21)20-7-5-4-6-13(20)15-12(17(22)23)8-18-19-15/h8,13H,4-7H2,1-3H3,(H,18,19)(H,22,23). The molecule has 1 fully saturated rings. The summed E-state index contributed by atoms with van der Waals surface area (Å²) in [5.74, 6) is 0.181. The zero-order chi connectivity index (χ0) is 17.4. The second-order valence-electron chi connectivity index (χ2n) is 6.23. The van der Waals surface area contributed by atoms with Crippen molar-refractivity contribution in [2.45, 2.75) is 46.1 Å². The second kappa shape index (κ2) is 6.14. The maximum Gasteiger partial charge on any atom is 0.339 e. The van der Waals surface area contributed by atoms with Gasteiger partial charge in [-0.05, 0) is 40.0 Å². The van der Waals surface area contributed by atoms with Crippen molar-refractivity contribution in [3.8, 4) is 0 Å². The highest BCUT2D eigenvalue weighted by Crippen LogP contribution is 2.34. The van der Waals surface area contributed by atoms with Crippen molar-refractivity contribution in [2.75, 3.05) is 6.54 Å². The summed E-state index contributed by atoms with van der Waals surface area (Å²) >= 11 is 0. The molecule has 1 amide bonds. The van der Waals surface area contributed by atoms with Crippen molar-refractivity contribution in [1.29, 1.82) is 0 Å². The number of aromatic nitrogens is 2. The molecule has 1 atom stereocenters. The third kappa shape index (κ3) is 2.60. The van der Waals surface area contributed by atoms with E-state index in [-0.39, 0.29) is 17.5 Å². The van der Waals surface area contributed by atoms with Crippen LogP contribution in [0.4, 0.5) is 0 Å². The summed E-state index contributed by atoms with van der Waals surface area (Å²) in [5, 5.41) is 16.0. The lowest BCUT2D eigenvalue weighted by atomic mass is 9.95. The van der Waals surface area contributed by atoms with Gasteiger partial charge in [-0.2, -0.15) is 5.10 Å². The van der Waals surface area contributed by atoms with Crippen LogP contribution in [0.2, 0.25) is 0 Å². The fraction of sp³-hybridized carbons (Fsp3) is 0.471. The molecule has 24 heavy (non-hydrogen) atoms.